The Morgan fingerprint density at radius 1 is 1.00 bits per heavy atom. The highest BCUT2D eigenvalue weighted by Gasteiger charge is 2.07. The molecule has 0 unspecified atom stereocenters. The third-order valence-electron chi connectivity index (χ3n) is 2.63. The average molecular weight is 334 g/mol. The normalized spacial score (nSPS) is 10.1. The number of amides is 1. The minimum atomic E-state index is -0.516. The highest BCUT2D eigenvalue weighted by atomic mass is 79.9. The SMILES string of the molecule is NC(=O)c1ccc(OC(=O)Cc2ccc(Br)cc2)cc1. The lowest BCUT2D eigenvalue weighted by Crippen LogP contribution is -2.12. The molecule has 2 N–H and O–H groups in total. The maximum Gasteiger partial charge on any atom is 0.315 e. The molecule has 1 amide bonds. The molecule has 0 atom stereocenters. The van der Waals surface area contributed by atoms with Crippen LogP contribution in [0, 0.1) is 0 Å². The van der Waals surface area contributed by atoms with Gasteiger partial charge >= 0.3 is 5.97 Å². The second-order valence-electron chi connectivity index (χ2n) is 4.17. The standard InChI is InChI=1S/C15H12BrNO3/c16-12-5-1-10(2-6-12)9-14(18)20-13-7-3-11(4-8-13)15(17)19/h1-8H,9H2,(H2,17,19). The van der Waals surface area contributed by atoms with Gasteiger partial charge in [-0.1, -0.05) is 28.1 Å². The minimum Gasteiger partial charge on any atom is -0.426 e. The highest BCUT2D eigenvalue weighted by Crippen LogP contribution is 2.14. The van der Waals surface area contributed by atoms with Crippen molar-refractivity contribution in [2.24, 2.45) is 5.73 Å². The number of hydrogen-bond acceptors (Lipinski definition) is 3. The third kappa shape index (κ3) is 3.93. The van der Waals surface area contributed by atoms with Crippen LogP contribution in [0.25, 0.3) is 0 Å². The van der Waals surface area contributed by atoms with Crippen molar-refractivity contribution in [3.05, 3.63) is 64.1 Å². The van der Waals surface area contributed by atoms with Crippen molar-refractivity contribution in [2.75, 3.05) is 0 Å². The molecule has 102 valence electrons. The monoisotopic (exact) mass is 333 g/mol. The van der Waals surface area contributed by atoms with E-state index in [1.54, 1.807) is 12.1 Å². The molecule has 5 heteroatoms. The van der Waals surface area contributed by atoms with E-state index in [1.165, 1.54) is 12.1 Å². The van der Waals surface area contributed by atoms with Gasteiger partial charge in [-0.25, -0.2) is 0 Å². The summed E-state index contributed by atoms with van der Waals surface area (Å²) in [6.45, 7) is 0. The van der Waals surface area contributed by atoms with Gasteiger partial charge in [0.25, 0.3) is 0 Å². The Hall–Kier alpha value is -2.14. The lowest BCUT2D eigenvalue weighted by Gasteiger charge is -2.05. The van der Waals surface area contributed by atoms with Crippen molar-refractivity contribution in [3.8, 4) is 5.75 Å². The smallest absolute Gasteiger partial charge is 0.315 e. The molecule has 4 nitrogen and oxygen atoms in total. The molecular formula is C15H12BrNO3. The maximum atomic E-state index is 11.8. The number of ether oxygens (including phenoxy) is 1. The molecule has 2 aromatic carbocycles. The van der Waals surface area contributed by atoms with Crippen molar-refractivity contribution < 1.29 is 14.3 Å². The second kappa shape index (κ2) is 6.34. The summed E-state index contributed by atoms with van der Waals surface area (Å²) in [6, 6.07) is 13.5. The van der Waals surface area contributed by atoms with E-state index in [-0.39, 0.29) is 12.4 Å². The first-order chi connectivity index (χ1) is 9.54. The van der Waals surface area contributed by atoms with Crippen molar-refractivity contribution in [2.45, 2.75) is 6.42 Å². The number of carbonyl (C=O) groups is 2. The molecule has 0 aliphatic heterocycles. The topological polar surface area (TPSA) is 69.4 Å². The number of hydrogen-bond donors (Lipinski definition) is 1. The first-order valence-corrected chi connectivity index (χ1v) is 6.69. The number of esters is 1. The number of primary amides is 1. The summed E-state index contributed by atoms with van der Waals surface area (Å²) >= 11 is 3.33. The number of halogens is 1. The zero-order valence-electron chi connectivity index (χ0n) is 10.5. The van der Waals surface area contributed by atoms with Gasteiger partial charge in [-0.05, 0) is 42.0 Å². The van der Waals surface area contributed by atoms with E-state index < -0.39 is 5.91 Å². The molecule has 0 aliphatic carbocycles. The fourth-order valence-electron chi connectivity index (χ4n) is 1.62. The summed E-state index contributed by atoms with van der Waals surface area (Å²) in [5.41, 5.74) is 6.37. The van der Waals surface area contributed by atoms with Crippen LogP contribution in [0.15, 0.2) is 53.0 Å². The quantitative estimate of drug-likeness (QED) is 0.690. The Bertz CT molecular complexity index is 621. The van der Waals surface area contributed by atoms with E-state index in [4.69, 9.17) is 10.5 Å². The van der Waals surface area contributed by atoms with Gasteiger partial charge in [0.15, 0.2) is 0 Å². The molecule has 0 bridgehead atoms. The predicted octanol–water partition coefficient (Wildman–Crippen LogP) is 2.70. The van der Waals surface area contributed by atoms with Crippen molar-refractivity contribution in [3.63, 3.8) is 0 Å². The predicted molar refractivity (Wildman–Crippen MR) is 78.4 cm³/mol. The molecule has 0 aromatic heterocycles. The molecule has 2 rings (SSSR count). The summed E-state index contributed by atoms with van der Waals surface area (Å²) in [5.74, 6) is -0.492. The Kier molecular flexibility index (Phi) is 4.53. The second-order valence-corrected chi connectivity index (χ2v) is 5.08. The zero-order valence-corrected chi connectivity index (χ0v) is 12.1. The van der Waals surface area contributed by atoms with Gasteiger partial charge in [-0.2, -0.15) is 0 Å². The summed E-state index contributed by atoms with van der Waals surface area (Å²) in [6.07, 6.45) is 0.185. The van der Waals surface area contributed by atoms with Crippen LogP contribution in [0.1, 0.15) is 15.9 Å². The van der Waals surface area contributed by atoms with E-state index in [0.29, 0.717) is 11.3 Å². The van der Waals surface area contributed by atoms with Crippen molar-refractivity contribution in [1.82, 2.24) is 0 Å². The lowest BCUT2D eigenvalue weighted by atomic mass is 10.1. The maximum absolute atomic E-state index is 11.8. The molecule has 20 heavy (non-hydrogen) atoms. The molecule has 0 heterocycles. The third-order valence-corrected chi connectivity index (χ3v) is 3.16. The van der Waals surface area contributed by atoms with Crippen LogP contribution in [0.3, 0.4) is 0 Å². The van der Waals surface area contributed by atoms with Crippen LogP contribution in [-0.4, -0.2) is 11.9 Å². The molecule has 0 fully saturated rings. The van der Waals surface area contributed by atoms with Gasteiger partial charge in [0.2, 0.25) is 5.91 Å². The summed E-state index contributed by atoms with van der Waals surface area (Å²) in [5, 5.41) is 0. The van der Waals surface area contributed by atoms with Gasteiger partial charge in [0, 0.05) is 10.0 Å². The van der Waals surface area contributed by atoms with Gasteiger partial charge in [-0.3, -0.25) is 9.59 Å². The van der Waals surface area contributed by atoms with E-state index >= 15 is 0 Å². The molecule has 0 saturated heterocycles. The Balaban J connectivity index is 1.97. The summed E-state index contributed by atoms with van der Waals surface area (Å²) in [4.78, 5) is 22.7. The lowest BCUT2D eigenvalue weighted by molar-refractivity contribution is -0.133. The zero-order chi connectivity index (χ0) is 14.5. The largest absolute Gasteiger partial charge is 0.426 e. The van der Waals surface area contributed by atoms with Crippen LogP contribution < -0.4 is 10.5 Å². The first kappa shape index (κ1) is 14.3. The molecule has 0 spiro atoms. The van der Waals surface area contributed by atoms with Crippen LogP contribution in [0.5, 0.6) is 5.75 Å². The minimum absolute atomic E-state index is 0.185. The molecule has 0 saturated carbocycles. The van der Waals surface area contributed by atoms with E-state index in [9.17, 15) is 9.59 Å². The Labute approximate surface area is 124 Å². The van der Waals surface area contributed by atoms with Crippen LogP contribution in [-0.2, 0) is 11.2 Å². The van der Waals surface area contributed by atoms with Gasteiger partial charge in [0.1, 0.15) is 5.75 Å². The number of rotatable bonds is 4. The van der Waals surface area contributed by atoms with Crippen molar-refractivity contribution >= 4 is 27.8 Å². The fourth-order valence-corrected chi connectivity index (χ4v) is 1.89. The molecule has 2 aromatic rings. The molecule has 0 radical (unpaired) electrons. The molecule has 0 aliphatic rings. The molecular weight excluding hydrogens is 322 g/mol. The summed E-state index contributed by atoms with van der Waals surface area (Å²) < 4.78 is 6.14. The number of benzene rings is 2. The Morgan fingerprint density at radius 3 is 2.15 bits per heavy atom. The van der Waals surface area contributed by atoms with Gasteiger partial charge in [-0.15, -0.1) is 0 Å². The Morgan fingerprint density at radius 2 is 1.60 bits per heavy atom. The van der Waals surface area contributed by atoms with E-state index in [2.05, 4.69) is 15.9 Å². The summed E-state index contributed by atoms with van der Waals surface area (Å²) in [7, 11) is 0. The van der Waals surface area contributed by atoms with E-state index in [0.717, 1.165) is 10.0 Å². The van der Waals surface area contributed by atoms with Crippen LogP contribution >= 0.6 is 15.9 Å². The van der Waals surface area contributed by atoms with Crippen LogP contribution in [0.4, 0.5) is 0 Å². The first-order valence-electron chi connectivity index (χ1n) is 5.89. The highest BCUT2D eigenvalue weighted by molar-refractivity contribution is 9.10. The van der Waals surface area contributed by atoms with Crippen LogP contribution in [0.2, 0.25) is 0 Å². The van der Waals surface area contributed by atoms with E-state index in [1.807, 2.05) is 24.3 Å². The van der Waals surface area contributed by atoms with Gasteiger partial charge in [0.05, 0.1) is 6.42 Å². The fraction of sp³-hybridized carbons (Fsp3) is 0.0667. The average Bonchev–Trinajstić information content (AvgIpc) is 2.42. The number of nitrogens with two attached hydrogens (primary N) is 1. The van der Waals surface area contributed by atoms with Gasteiger partial charge < -0.3 is 10.5 Å². The number of carbonyl (C=O) groups excluding carboxylic acids is 2. The van der Waals surface area contributed by atoms with Crippen molar-refractivity contribution in [1.29, 1.82) is 0 Å².